The number of hydrogen-bond donors (Lipinski definition) is 2. The Morgan fingerprint density at radius 3 is 2.79 bits per heavy atom. The number of rotatable bonds is 2. The lowest BCUT2D eigenvalue weighted by atomic mass is 10.0. The van der Waals surface area contributed by atoms with Crippen molar-refractivity contribution in [2.45, 2.75) is 44.2 Å². The number of nitrogens with one attached hydrogen (secondary N) is 1. The number of hydrogen-bond acceptors (Lipinski definition) is 3. The van der Waals surface area contributed by atoms with E-state index in [0.717, 1.165) is 39.0 Å². The van der Waals surface area contributed by atoms with E-state index in [1.165, 1.54) is 12.8 Å². The van der Waals surface area contributed by atoms with Crippen LogP contribution in [-0.4, -0.2) is 47.8 Å². The Morgan fingerprint density at radius 1 is 1.43 bits per heavy atom. The summed E-state index contributed by atoms with van der Waals surface area (Å²) in [4.78, 5) is 2.41. The molecule has 82 valence electrons. The van der Waals surface area contributed by atoms with Crippen molar-refractivity contribution in [1.29, 1.82) is 0 Å². The highest BCUT2D eigenvalue weighted by Gasteiger charge is 2.33. The Balaban J connectivity index is 1.83. The Kier molecular flexibility index (Phi) is 3.10. The molecule has 3 nitrogen and oxygen atoms in total. The maximum Gasteiger partial charge on any atom is 0.0774 e. The molecule has 1 saturated carbocycles. The van der Waals surface area contributed by atoms with Crippen molar-refractivity contribution in [3.05, 3.63) is 0 Å². The minimum atomic E-state index is -0.364. The number of aliphatic hydroxyl groups is 1. The molecule has 0 aromatic heterocycles. The molecule has 2 rings (SSSR count). The molecule has 1 heterocycles. The first-order chi connectivity index (χ1) is 6.68. The van der Waals surface area contributed by atoms with E-state index in [9.17, 15) is 5.11 Å². The topological polar surface area (TPSA) is 35.5 Å². The van der Waals surface area contributed by atoms with Gasteiger partial charge in [0, 0.05) is 32.2 Å². The first-order valence-electron chi connectivity index (χ1n) is 5.86. The molecule has 0 aromatic rings. The van der Waals surface area contributed by atoms with Gasteiger partial charge in [0.05, 0.1) is 5.60 Å². The SMILES string of the molecule is C[C@H]1CN(CC2(O)CCCC2)CCN1. The van der Waals surface area contributed by atoms with Crippen LogP contribution in [0.1, 0.15) is 32.6 Å². The molecular weight excluding hydrogens is 176 g/mol. The third kappa shape index (κ3) is 2.47. The van der Waals surface area contributed by atoms with Gasteiger partial charge in [-0.15, -0.1) is 0 Å². The molecule has 0 spiro atoms. The summed E-state index contributed by atoms with van der Waals surface area (Å²) in [7, 11) is 0. The first kappa shape index (κ1) is 10.4. The van der Waals surface area contributed by atoms with E-state index >= 15 is 0 Å². The van der Waals surface area contributed by atoms with Gasteiger partial charge in [-0.2, -0.15) is 0 Å². The molecule has 2 fully saturated rings. The van der Waals surface area contributed by atoms with Gasteiger partial charge in [0.1, 0.15) is 0 Å². The fraction of sp³-hybridized carbons (Fsp3) is 1.00. The van der Waals surface area contributed by atoms with Crippen molar-refractivity contribution >= 4 is 0 Å². The predicted octanol–water partition coefficient (Wildman–Crippen LogP) is 0.585. The molecule has 1 saturated heterocycles. The summed E-state index contributed by atoms with van der Waals surface area (Å²) in [5.41, 5.74) is -0.364. The predicted molar refractivity (Wildman–Crippen MR) is 57.3 cm³/mol. The van der Waals surface area contributed by atoms with E-state index in [2.05, 4.69) is 17.1 Å². The Morgan fingerprint density at radius 2 is 2.14 bits per heavy atom. The lowest BCUT2D eigenvalue weighted by Gasteiger charge is -2.36. The van der Waals surface area contributed by atoms with E-state index in [1.54, 1.807) is 0 Å². The van der Waals surface area contributed by atoms with Crippen LogP contribution in [0.3, 0.4) is 0 Å². The van der Waals surface area contributed by atoms with Crippen molar-refractivity contribution in [3.8, 4) is 0 Å². The lowest BCUT2D eigenvalue weighted by molar-refractivity contribution is 0.00277. The molecule has 0 bridgehead atoms. The monoisotopic (exact) mass is 198 g/mol. The van der Waals surface area contributed by atoms with Crippen LogP contribution < -0.4 is 5.32 Å². The Bertz CT molecular complexity index is 190. The van der Waals surface area contributed by atoms with Gasteiger partial charge in [-0.3, -0.25) is 4.90 Å². The summed E-state index contributed by atoms with van der Waals surface area (Å²) >= 11 is 0. The highest BCUT2D eigenvalue weighted by molar-refractivity contribution is 4.89. The number of β-amino-alcohol motifs (C(OH)–C–C–N with tert-alkyl or cyclic N) is 1. The Hall–Kier alpha value is -0.120. The minimum absolute atomic E-state index is 0.364. The molecule has 0 unspecified atom stereocenters. The van der Waals surface area contributed by atoms with Crippen LogP contribution in [0.5, 0.6) is 0 Å². The van der Waals surface area contributed by atoms with Crippen molar-refractivity contribution in [2.75, 3.05) is 26.2 Å². The average Bonchev–Trinajstić information content (AvgIpc) is 2.51. The fourth-order valence-electron chi connectivity index (χ4n) is 2.76. The zero-order valence-corrected chi connectivity index (χ0v) is 9.13. The first-order valence-corrected chi connectivity index (χ1v) is 5.86. The molecule has 1 aliphatic heterocycles. The van der Waals surface area contributed by atoms with Gasteiger partial charge < -0.3 is 10.4 Å². The van der Waals surface area contributed by atoms with Gasteiger partial charge in [0.15, 0.2) is 0 Å². The summed E-state index contributed by atoms with van der Waals surface area (Å²) in [5.74, 6) is 0. The maximum absolute atomic E-state index is 10.3. The van der Waals surface area contributed by atoms with E-state index in [4.69, 9.17) is 0 Å². The number of piperazine rings is 1. The third-order valence-corrected chi connectivity index (χ3v) is 3.51. The zero-order valence-electron chi connectivity index (χ0n) is 9.13. The lowest BCUT2D eigenvalue weighted by Crippen LogP contribution is -2.53. The number of nitrogens with zero attached hydrogens (tertiary/aromatic N) is 1. The quantitative estimate of drug-likeness (QED) is 0.681. The second kappa shape index (κ2) is 4.17. The van der Waals surface area contributed by atoms with Crippen LogP contribution >= 0.6 is 0 Å². The minimum Gasteiger partial charge on any atom is -0.389 e. The second-order valence-corrected chi connectivity index (χ2v) is 5.02. The van der Waals surface area contributed by atoms with Crippen LogP contribution in [0, 0.1) is 0 Å². The molecule has 14 heavy (non-hydrogen) atoms. The molecule has 1 atom stereocenters. The second-order valence-electron chi connectivity index (χ2n) is 5.02. The molecule has 2 aliphatic rings. The average molecular weight is 198 g/mol. The van der Waals surface area contributed by atoms with Crippen LogP contribution in [0.2, 0.25) is 0 Å². The maximum atomic E-state index is 10.3. The van der Waals surface area contributed by atoms with Crippen molar-refractivity contribution in [1.82, 2.24) is 10.2 Å². The van der Waals surface area contributed by atoms with Crippen LogP contribution in [0.15, 0.2) is 0 Å². The van der Waals surface area contributed by atoms with Crippen molar-refractivity contribution < 1.29 is 5.11 Å². The summed E-state index contributed by atoms with van der Waals surface area (Å²) in [5, 5.41) is 13.7. The molecular formula is C11H22N2O. The zero-order chi connectivity index (χ0) is 10.0. The van der Waals surface area contributed by atoms with Crippen LogP contribution in [0.25, 0.3) is 0 Å². The van der Waals surface area contributed by atoms with Crippen LogP contribution in [0.4, 0.5) is 0 Å². The fourth-order valence-corrected chi connectivity index (χ4v) is 2.76. The summed E-state index contributed by atoms with van der Waals surface area (Å²) in [6.45, 7) is 6.34. The van der Waals surface area contributed by atoms with E-state index in [1.807, 2.05) is 0 Å². The van der Waals surface area contributed by atoms with Gasteiger partial charge in [-0.05, 0) is 19.8 Å². The normalized spacial score (nSPS) is 33.4. The molecule has 0 aromatic carbocycles. The van der Waals surface area contributed by atoms with E-state index in [-0.39, 0.29) is 5.60 Å². The van der Waals surface area contributed by atoms with Crippen molar-refractivity contribution in [3.63, 3.8) is 0 Å². The molecule has 0 radical (unpaired) electrons. The van der Waals surface area contributed by atoms with Crippen LogP contribution in [-0.2, 0) is 0 Å². The van der Waals surface area contributed by atoms with Gasteiger partial charge in [0.25, 0.3) is 0 Å². The summed E-state index contributed by atoms with van der Waals surface area (Å²) in [6.07, 6.45) is 4.42. The van der Waals surface area contributed by atoms with Gasteiger partial charge >= 0.3 is 0 Å². The largest absolute Gasteiger partial charge is 0.389 e. The van der Waals surface area contributed by atoms with Gasteiger partial charge in [-0.1, -0.05) is 12.8 Å². The van der Waals surface area contributed by atoms with E-state index < -0.39 is 0 Å². The molecule has 0 amide bonds. The standard InChI is InChI=1S/C11H22N2O/c1-10-8-13(7-6-12-10)9-11(14)4-2-3-5-11/h10,12,14H,2-9H2,1H3/t10-/m0/s1. The highest BCUT2D eigenvalue weighted by Crippen LogP contribution is 2.30. The summed E-state index contributed by atoms with van der Waals surface area (Å²) in [6, 6.07) is 0.578. The molecule has 2 N–H and O–H groups in total. The molecule has 3 heteroatoms. The summed E-state index contributed by atoms with van der Waals surface area (Å²) < 4.78 is 0. The highest BCUT2D eigenvalue weighted by atomic mass is 16.3. The molecule has 1 aliphatic carbocycles. The third-order valence-electron chi connectivity index (χ3n) is 3.51. The van der Waals surface area contributed by atoms with Crippen molar-refractivity contribution in [2.24, 2.45) is 0 Å². The van der Waals surface area contributed by atoms with Gasteiger partial charge in [0.2, 0.25) is 0 Å². The Labute approximate surface area is 86.5 Å². The van der Waals surface area contributed by atoms with E-state index in [0.29, 0.717) is 6.04 Å². The smallest absolute Gasteiger partial charge is 0.0774 e. The van der Waals surface area contributed by atoms with Gasteiger partial charge in [-0.25, -0.2) is 0 Å².